The van der Waals surface area contributed by atoms with Gasteiger partial charge >= 0.3 is 0 Å². The first kappa shape index (κ1) is 10.9. The summed E-state index contributed by atoms with van der Waals surface area (Å²) in [6, 6.07) is 0.237. The smallest absolute Gasteiger partial charge is 0.182 e. The number of nitrogens with zero attached hydrogens (tertiary/aromatic N) is 4. The first-order chi connectivity index (χ1) is 9.42. The highest BCUT2D eigenvalue weighted by molar-refractivity contribution is 7.09. The molecular formula is C12H12N6S. The second-order valence-electron chi connectivity index (χ2n) is 4.65. The normalized spacial score (nSPS) is 16.6. The van der Waals surface area contributed by atoms with Gasteiger partial charge in [-0.2, -0.15) is 0 Å². The van der Waals surface area contributed by atoms with E-state index in [1.54, 1.807) is 17.7 Å². The van der Waals surface area contributed by atoms with E-state index in [9.17, 15) is 0 Å². The number of rotatable bonds is 4. The summed E-state index contributed by atoms with van der Waals surface area (Å²) < 4.78 is 0. The number of H-pyrrole nitrogens is 1. The summed E-state index contributed by atoms with van der Waals surface area (Å²) in [6.07, 6.45) is 7.52. The molecule has 3 aromatic heterocycles. The average Bonchev–Trinajstić information content (AvgIpc) is 2.94. The fourth-order valence-corrected chi connectivity index (χ4v) is 3.00. The lowest BCUT2D eigenvalue weighted by Gasteiger charge is -2.16. The molecule has 0 radical (unpaired) electrons. The van der Waals surface area contributed by atoms with Gasteiger partial charge in [0, 0.05) is 11.6 Å². The quantitative estimate of drug-likeness (QED) is 0.762. The van der Waals surface area contributed by atoms with Gasteiger partial charge in [-0.15, -0.1) is 11.3 Å². The highest BCUT2D eigenvalue weighted by Crippen LogP contribution is 2.43. The summed E-state index contributed by atoms with van der Waals surface area (Å²) in [7, 11) is 0. The molecule has 1 aliphatic rings. The minimum absolute atomic E-state index is 0.237. The molecule has 0 amide bonds. The van der Waals surface area contributed by atoms with Crippen LogP contribution in [0.2, 0.25) is 0 Å². The van der Waals surface area contributed by atoms with Crippen LogP contribution < -0.4 is 5.32 Å². The third-order valence-electron chi connectivity index (χ3n) is 3.33. The van der Waals surface area contributed by atoms with E-state index >= 15 is 0 Å². The van der Waals surface area contributed by atoms with E-state index in [2.05, 4.69) is 30.2 Å². The fourth-order valence-electron chi connectivity index (χ4n) is 2.22. The van der Waals surface area contributed by atoms with Gasteiger partial charge in [-0.05, 0) is 18.8 Å². The lowest BCUT2D eigenvalue weighted by Crippen LogP contribution is -2.14. The van der Waals surface area contributed by atoms with Gasteiger partial charge in [-0.25, -0.2) is 19.9 Å². The summed E-state index contributed by atoms with van der Waals surface area (Å²) >= 11 is 1.68. The van der Waals surface area contributed by atoms with Gasteiger partial charge in [0.05, 0.1) is 12.4 Å². The molecule has 0 spiro atoms. The summed E-state index contributed by atoms with van der Waals surface area (Å²) in [6.45, 7) is 0. The molecule has 1 aliphatic carbocycles. The van der Waals surface area contributed by atoms with Crippen LogP contribution in [0.25, 0.3) is 11.2 Å². The van der Waals surface area contributed by atoms with Crippen LogP contribution in [0.5, 0.6) is 0 Å². The number of aromatic amines is 1. The molecule has 7 heteroatoms. The maximum atomic E-state index is 4.43. The van der Waals surface area contributed by atoms with Gasteiger partial charge in [0.25, 0.3) is 0 Å². The molecule has 0 saturated heterocycles. The van der Waals surface area contributed by atoms with Crippen molar-refractivity contribution in [2.75, 3.05) is 5.32 Å². The summed E-state index contributed by atoms with van der Waals surface area (Å²) in [5.41, 5.74) is 1.54. The van der Waals surface area contributed by atoms with Crippen LogP contribution in [0.15, 0.2) is 24.2 Å². The Morgan fingerprint density at radius 1 is 1.26 bits per heavy atom. The second-order valence-corrected chi connectivity index (χ2v) is 5.58. The van der Waals surface area contributed by atoms with Crippen molar-refractivity contribution in [1.29, 1.82) is 0 Å². The number of hydrogen-bond acceptors (Lipinski definition) is 6. The zero-order valence-corrected chi connectivity index (χ0v) is 10.9. The molecule has 0 bridgehead atoms. The van der Waals surface area contributed by atoms with Crippen molar-refractivity contribution in [3.05, 3.63) is 29.2 Å². The molecule has 2 N–H and O–H groups in total. The Kier molecular flexibility index (Phi) is 2.44. The first-order valence-electron chi connectivity index (χ1n) is 6.22. The van der Waals surface area contributed by atoms with Gasteiger partial charge in [-0.3, -0.25) is 0 Å². The van der Waals surface area contributed by atoms with Crippen LogP contribution in [-0.2, 0) is 0 Å². The lowest BCUT2D eigenvalue weighted by atomic mass is 10.2. The lowest BCUT2D eigenvalue weighted by molar-refractivity contribution is 0.671. The molecule has 19 heavy (non-hydrogen) atoms. The van der Waals surface area contributed by atoms with E-state index < -0.39 is 0 Å². The minimum atomic E-state index is 0.237. The number of anilines is 1. The van der Waals surface area contributed by atoms with E-state index in [0.717, 1.165) is 16.3 Å². The maximum absolute atomic E-state index is 4.43. The van der Waals surface area contributed by atoms with Gasteiger partial charge in [0.15, 0.2) is 11.5 Å². The van der Waals surface area contributed by atoms with E-state index in [0.29, 0.717) is 11.6 Å². The zero-order valence-electron chi connectivity index (χ0n) is 10.1. The number of thiazole rings is 1. The Balaban J connectivity index is 1.70. The fraction of sp³-hybridized carbons (Fsp3) is 0.333. The molecule has 1 fully saturated rings. The maximum Gasteiger partial charge on any atom is 0.182 e. The molecule has 1 saturated carbocycles. The topological polar surface area (TPSA) is 79.4 Å². The summed E-state index contributed by atoms with van der Waals surface area (Å²) in [4.78, 5) is 20.1. The largest absolute Gasteiger partial charge is 0.359 e. The summed E-state index contributed by atoms with van der Waals surface area (Å²) in [5.74, 6) is 1.45. The monoisotopic (exact) mass is 272 g/mol. The van der Waals surface area contributed by atoms with Crippen molar-refractivity contribution >= 4 is 28.3 Å². The zero-order chi connectivity index (χ0) is 12.7. The van der Waals surface area contributed by atoms with Crippen molar-refractivity contribution in [3.63, 3.8) is 0 Å². The molecule has 1 atom stereocenters. The molecular weight excluding hydrogens is 260 g/mol. The van der Waals surface area contributed by atoms with Crippen LogP contribution >= 0.6 is 11.3 Å². The van der Waals surface area contributed by atoms with Crippen LogP contribution in [-0.4, -0.2) is 24.9 Å². The van der Waals surface area contributed by atoms with Crippen LogP contribution in [0.3, 0.4) is 0 Å². The number of imidazole rings is 1. The Morgan fingerprint density at radius 3 is 3.00 bits per heavy atom. The first-order valence-corrected chi connectivity index (χ1v) is 7.10. The van der Waals surface area contributed by atoms with Crippen LogP contribution in [0, 0.1) is 5.92 Å². The van der Waals surface area contributed by atoms with Crippen molar-refractivity contribution in [1.82, 2.24) is 24.9 Å². The number of nitrogens with one attached hydrogen (secondary N) is 2. The van der Waals surface area contributed by atoms with Gasteiger partial charge in [0.1, 0.15) is 16.9 Å². The van der Waals surface area contributed by atoms with E-state index in [-0.39, 0.29) is 6.04 Å². The van der Waals surface area contributed by atoms with Gasteiger partial charge in [-0.1, -0.05) is 0 Å². The van der Waals surface area contributed by atoms with Crippen LogP contribution in [0.4, 0.5) is 5.82 Å². The third kappa shape index (κ3) is 1.95. The average molecular weight is 272 g/mol. The molecule has 3 heterocycles. The minimum Gasteiger partial charge on any atom is -0.359 e. The Morgan fingerprint density at radius 2 is 2.21 bits per heavy atom. The Labute approximate surface area is 113 Å². The molecule has 0 aliphatic heterocycles. The Bertz CT molecular complexity index is 687. The standard InChI is InChI=1S/C12H12N6S/c1-2-7(1)8(12-13-3-4-19-12)18-11-9-10(15-5-14-9)16-6-17-11/h3-8H,1-2H2,(H2,14,15,16,17,18). The van der Waals surface area contributed by atoms with Crippen molar-refractivity contribution in [3.8, 4) is 0 Å². The Hall–Kier alpha value is -2.02. The molecule has 1 unspecified atom stereocenters. The number of hydrogen-bond donors (Lipinski definition) is 2. The SMILES string of the molecule is c1csc(C(Nc2ncnc3nc[nH]c23)C2CC2)n1. The third-order valence-corrected chi connectivity index (χ3v) is 4.18. The highest BCUT2D eigenvalue weighted by atomic mass is 32.1. The molecule has 4 rings (SSSR count). The van der Waals surface area contributed by atoms with Gasteiger partial charge in [0.2, 0.25) is 0 Å². The summed E-state index contributed by atoms with van der Waals surface area (Å²) in [5, 5.41) is 6.63. The van der Waals surface area contributed by atoms with E-state index in [4.69, 9.17) is 0 Å². The van der Waals surface area contributed by atoms with Crippen molar-refractivity contribution in [2.24, 2.45) is 5.92 Å². The van der Waals surface area contributed by atoms with Crippen molar-refractivity contribution < 1.29 is 0 Å². The molecule has 6 nitrogen and oxygen atoms in total. The van der Waals surface area contributed by atoms with E-state index in [1.807, 2.05) is 11.6 Å². The number of aromatic nitrogens is 5. The van der Waals surface area contributed by atoms with Crippen molar-refractivity contribution in [2.45, 2.75) is 18.9 Å². The number of fused-ring (bicyclic) bond motifs is 1. The second kappa shape index (κ2) is 4.27. The molecule has 3 aromatic rings. The predicted molar refractivity (Wildman–Crippen MR) is 72.9 cm³/mol. The molecule has 96 valence electrons. The van der Waals surface area contributed by atoms with E-state index in [1.165, 1.54) is 19.2 Å². The highest BCUT2D eigenvalue weighted by Gasteiger charge is 2.34. The van der Waals surface area contributed by atoms with Crippen LogP contribution in [0.1, 0.15) is 23.9 Å². The predicted octanol–water partition coefficient (Wildman–Crippen LogP) is 2.37. The van der Waals surface area contributed by atoms with Gasteiger partial charge < -0.3 is 10.3 Å². The molecule has 0 aromatic carbocycles.